The topological polar surface area (TPSA) is 65.2 Å². The van der Waals surface area contributed by atoms with Crippen LogP contribution in [0, 0.1) is 11.6 Å². The SMILES string of the molecule is O=C(OCc1nc(-c2ccc(Br)cc2)no1)c1cc(F)ccc1F. The summed E-state index contributed by atoms with van der Waals surface area (Å²) in [7, 11) is 0. The summed E-state index contributed by atoms with van der Waals surface area (Å²) in [5.74, 6) is -2.26. The maximum atomic E-state index is 13.5. The van der Waals surface area contributed by atoms with Crippen molar-refractivity contribution in [2.45, 2.75) is 6.61 Å². The standard InChI is InChI=1S/C16H9BrF2N2O3/c17-10-3-1-9(2-4-10)15-20-14(24-21-15)8-23-16(22)12-7-11(18)5-6-13(12)19/h1-7H,8H2. The molecule has 0 spiro atoms. The monoisotopic (exact) mass is 394 g/mol. The molecule has 0 aliphatic heterocycles. The number of halogens is 3. The van der Waals surface area contributed by atoms with Gasteiger partial charge in [0, 0.05) is 10.0 Å². The van der Waals surface area contributed by atoms with E-state index in [-0.39, 0.29) is 12.5 Å². The van der Waals surface area contributed by atoms with Crippen LogP contribution in [-0.2, 0) is 11.3 Å². The van der Waals surface area contributed by atoms with E-state index < -0.39 is 23.2 Å². The number of esters is 1. The minimum absolute atomic E-state index is 0.0399. The number of carbonyl (C=O) groups excluding carboxylic acids is 1. The van der Waals surface area contributed by atoms with Gasteiger partial charge < -0.3 is 9.26 Å². The zero-order chi connectivity index (χ0) is 17.1. The third kappa shape index (κ3) is 3.65. The van der Waals surface area contributed by atoms with Crippen molar-refractivity contribution >= 4 is 21.9 Å². The summed E-state index contributed by atoms with van der Waals surface area (Å²) in [5.41, 5.74) is 0.221. The minimum Gasteiger partial charge on any atom is -0.452 e. The summed E-state index contributed by atoms with van der Waals surface area (Å²) in [4.78, 5) is 15.9. The number of rotatable bonds is 4. The van der Waals surface area contributed by atoms with Crippen LogP contribution in [-0.4, -0.2) is 16.1 Å². The van der Waals surface area contributed by atoms with Crippen LogP contribution in [0.3, 0.4) is 0 Å². The van der Waals surface area contributed by atoms with Gasteiger partial charge in [0.2, 0.25) is 5.82 Å². The summed E-state index contributed by atoms with van der Waals surface area (Å²) in [6.07, 6.45) is 0. The Balaban J connectivity index is 1.68. The highest BCUT2D eigenvalue weighted by molar-refractivity contribution is 9.10. The summed E-state index contributed by atoms with van der Waals surface area (Å²) in [6, 6.07) is 9.73. The maximum absolute atomic E-state index is 13.5. The smallest absolute Gasteiger partial charge is 0.341 e. The van der Waals surface area contributed by atoms with E-state index in [9.17, 15) is 13.6 Å². The number of nitrogens with zero attached hydrogens (tertiary/aromatic N) is 2. The highest BCUT2D eigenvalue weighted by atomic mass is 79.9. The van der Waals surface area contributed by atoms with Crippen LogP contribution < -0.4 is 0 Å². The number of benzene rings is 2. The molecular formula is C16H9BrF2N2O3. The molecule has 8 heteroatoms. The fourth-order valence-corrected chi connectivity index (χ4v) is 2.15. The molecule has 1 heterocycles. The molecule has 0 aliphatic rings. The molecule has 2 aromatic carbocycles. The molecule has 0 radical (unpaired) electrons. The van der Waals surface area contributed by atoms with Gasteiger partial charge in [0.1, 0.15) is 11.6 Å². The lowest BCUT2D eigenvalue weighted by molar-refractivity contribution is 0.0424. The Kier molecular flexibility index (Phi) is 4.66. The second-order valence-corrected chi connectivity index (χ2v) is 5.63. The first-order chi connectivity index (χ1) is 11.5. The first-order valence-electron chi connectivity index (χ1n) is 6.73. The molecule has 0 amide bonds. The third-order valence-corrected chi connectivity index (χ3v) is 3.57. The lowest BCUT2D eigenvalue weighted by Crippen LogP contribution is -2.08. The van der Waals surface area contributed by atoms with Gasteiger partial charge in [0.05, 0.1) is 5.56 Å². The van der Waals surface area contributed by atoms with E-state index in [2.05, 4.69) is 26.1 Å². The molecular weight excluding hydrogens is 386 g/mol. The van der Waals surface area contributed by atoms with Crippen molar-refractivity contribution in [1.29, 1.82) is 0 Å². The van der Waals surface area contributed by atoms with Gasteiger partial charge in [-0.15, -0.1) is 0 Å². The Hall–Kier alpha value is -2.61. The van der Waals surface area contributed by atoms with Crippen LogP contribution in [0.15, 0.2) is 51.5 Å². The van der Waals surface area contributed by atoms with Crippen molar-refractivity contribution in [2.24, 2.45) is 0 Å². The summed E-state index contributed by atoms with van der Waals surface area (Å²) in [6.45, 7) is -0.349. The number of aromatic nitrogens is 2. The van der Waals surface area contributed by atoms with Crippen LogP contribution in [0.4, 0.5) is 8.78 Å². The molecule has 5 nitrogen and oxygen atoms in total. The zero-order valence-corrected chi connectivity index (χ0v) is 13.6. The van der Waals surface area contributed by atoms with Crippen molar-refractivity contribution in [2.75, 3.05) is 0 Å². The summed E-state index contributed by atoms with van der Waals surface area (Å²) < 4.78 is 37.3. The molecule has 0 saturated carbocycles. The number of ether oxygens (including phenoxy) is 1. The second kappa shape index (κ2) is 6.88. The Morgan fingerprint density at radius 1 is 1.17 bits per heavy atom. The zero-order valence-electron chi connectivity index (χ0n) is 12.0. The largest absolute Gasteiger partial charge is 0.452 e. The molecule has 0 saturated heterocycles. The van der Waals surface area contributed by atoms with Gasteiger partial charge in [-0.25, -0.2) is 13.6 Å². The average molecular weight is 395 g/mol. The number of hydrogen-bond donors (Lipinski definition) is 0. The Morgan fingerprint density at radius 2 is 1.92 bits per heavy atom. The molecule has 3 rings (SSSR count). The van der Waals surface area contributed by atoms with Crippen LogP contribution in [0.25, 0.3) is 11.4 Å². The van der Waals surface area contributed by atoms with Gasteiger partial charge >= 0.3 is 5.97 Å². The normalized spacial score (nSPS) is 10.6. The van der Waals surface area contributed by atoms with Crippen LogP contribution >= 0.6 is 15.9 Å². The highest BCUT2D eigenvalue weighted by Crippen LogP contribution is 2.19. The maximum Gasteiger partial charge on any atom is 0.341 e. The Bertz CT molecular complexity index is 881. The van der Waals surface area contributed by atoms with Crippen molar-refractivity contribution in [3.63, 3.8) is 0 Å². The third-order valence-electron chi connectivity index (χ3n) is 3.05. The Labute approximate surface area is 143 Å². The molecule has 0 N–H and O–H groups in total. The van der Waals surface area contributed by atoms with Gasteiger partial charge in [0.15, 0.2) is 6.61 Å². The summed E-state index contributed by atoms with van der Waals surface area (Å²) >= 11 is 3.32. The van der Waals surface area contributed by atoms with Crippen molar-refractivity contribution in [3.8, 4) is 11.4 Å². The lowest BCUT2D eigenvalue weighted by atomic mass is 10.2. The number of hydrogen-bond acceptors (Lipinski definition) is 5. The average Bonchev–Trinajstić information content (AvgIpc) is 3.04. The van der Waals surface area contributed by atoms with Gasteiger partial charge in [-0.05, 0) is 42.5 Å². The molecule has 0 atom stereocenters. The van der Waals surface area contributed by atoms with E-state index in [4.69, 9.17) is 9.26 Å². The fourth-order valence-electron chi connectivity index (χ4n) is 1.89. The molecule has 3 aromatic rings. The van der Waals surface area contributed by atoms with E-state index in [1.165, 1.54) is 0 Å². The van der Waals surface area contributed by atoms with Crippen LogP contribution in [0.5, 0.6) is 0 Å². The molecule has 0 aliphatic carbocycles. The van der Waals surface area contributed by atoms with E-state index >= 15 is 0 Å². The lowest BCUT2D eigenvalue weighted by Gasteiger charge is -2.03. The Morgan fingerprint density at radius 3 is 2.67 bits per heavy atom. The molecule has 0 unspecified atom stereocenters. The first-order valence-corrected chi connectivity index (χ1v) is 7.53. The van der Waals surface area contributed by atoms with Gasteiger partial charge in [-0.2, -0.15) is 4.98 Å². The fraction of sp³-hybridized carbons (Fsp3) is 0.0625. The molecule has 0 fully saturated rings. The van der Waals surface area contributed by atoms with E-state index in [0.717, 1.165) is 28.2 Å². The van der Waals surface area contributed by atoms with Crippen LogP contribution in [0.2, 0.25) is 0 Å². The van der Waals surface area contributed by atoms with E-state index in [0.29, 0.717) is 5.82 Å². The van der Waals surface area contributed by atoms with E-state index in [1.807, 2.05) is 12.1 Å². The van der Waals surface area contributed by atoms with Crippen LogP contribution in [0.1, 0.15) is 16.2 Å². The summed E-state index contributed by atoms with van der Waals surface area (Å²) in [5, 5.41) is 3.77. The second-order valence-electron chi connectivity index (χ2n) is 4.72. The van der Waals surface area contributed by atoms with Crippen molar-refractivity contribution in [3.05, 3.63) is 70.0 Å². The molecule has 122 valence electrons. The molecule has 1 aromatic heterocycles. The predicted molar refractivity (Wildman–Crippen MR) is 82.9 cm³/mol. The van der Waals surface area contributed by atoms with Gasteiger partial charge in [-0.3, -0.25) is 0 Å². The van der Waals surface area contributed by atoms with Crippen molar-refractivity contribution < 1.29 is 22.8 Å². The predicted octanol–water partition coefficient (Wildman–Crippen LogP) is 4.13. The van der Waals surface area contributed by atoms with Crippen molar-refractivity contribution in [1.82, 2.24) is 10.1 Å². The minimum atomic E-state index is -1.02. The molecule has 24 heavy (non-hydrogen) atoms. The highest BCUT2D eigenvalue weighted by Gasteiger charge is 2.16. The van der Waals surface area contributed by atoms with E-state index in [1.54, 1.807) is 12.1 Å². The first kappa shape index (κ1) is 16.3. The van der Waals surface area contributed by atoms with Gasteiger partial charge in [0.25, 0.3) is 5.89 Å². The molecule has 0 bridgehead atoms. The quantitative estimate of drug-likeness (QED) is 0.622. The van der Waals surface area contributed by atoms with Gasteiger partial charge in [-0.1, -0.05) is 21.1 Å². The number of carbonyl (C=O) groups is 1.